The van der Waals surface area contributed by atoms with Crippen LogP contribution in [0.15, 0.2) is 48.5 Å². The molecule has 0 bridgehead atoms. The number of carbonyl (C=O) groups is 4. The van der Waals surface area contributed by atoms with Crippen molar-refractivity contribution in [2.45, 2.75) is 135 Å². The van der Waals surface area contributed by atoms with Gasteiger partial charge < -0.3 is 21.3 Å². The summed E-state index contributed by atoms with van der Waals surface area (Å²) in [7, 11) is 0. The van der Waals surface area contributed by atoms with E-state index >= 15 is 0 Å². The standard InChI is InChI=1S/C37H54N4O4/c1-33(2,3)40-30(43)35(7,8)27-21-26(22-28(23-27)36(9,10)31(44)41-34(4,5)6)29(42)39-37(19-15-12-16-20-37)32(45)38-24-25-17-13-11-14-18-25/h11,13-14,17-18,21-23H,12,15-16,19-20,24H2,1-10H3,(H,38,45)(H,39,42)(H,40,43)(H,41,44). The van der Waals surface area contributed by atoms with Gasteiger partial charge in [0.05, 0.1) is 10.8 Å². The van der Waals surface area contributed by atoms with E-state index in [9.17, 15) is 19.2 Å². The molecule has 0 aliphatic heterocycles. The summed E-state index contributed by atoms with van der Waals surface area (Å²) in [5.41, 5.74) is -1.53. The molecule has 4 amide bonds. The lowest BCUT2D eigenvalue weighted by Gasteiger charge is -2.37. The van der Waals surface area contributed by atoms with Crippen LogP contribution in [0.2, 0.25) is 0 Å². The van der Waals surface area contributed by atoms with Crippen molar-refractivity contribution in [2.75, 3.05) is 0 Å². The Bertz CT molecular complexity index is 1330. The Balaban J connectivity index is 2.05. The van der Waals surface area contributed by atoms with E-state index in [4.69, 9.17) is 0 Å². The molecule has 3 rings (SSSR count). The quantitative estimate of drug-likeness (QED) is 0.283. The van der Waals surface area contributed by atoms with Crippen molar-refractivity contribution in [1.82, 2.24) is 21.3 Å². The number of benzene rings is 2. The zero-order valence-corrected chi connectivity index (χ0v) is 29.0. The van der Waals surface area contributed by atoms with Crippen LogP contribution in [0.3, 0.4) is 0 Å². The van der Waals surface area contributed by atoms with Crippen LogP contribution in [0, 0.1) is 0 Å². The van der Waals surface area contributed by atoms with Crippen LogP contribution < -0.4 is 21.3 Å². The zero-order valence-electron chi connectivity index (χ0n) is 29.0. The summed E-state index contributed by atoms with van der Waals surface area (Å²) in [6.45, 7) is 19.1. The fourth-order valence-corrected chi connectivity index (χ4v) is 5.54. The number of rotatable bonds is 9. The van der Waals surface area contributed by atoms with Crippen LogP contribution in [0.4, 0.5) is 0 Å². The molecular weight excluding hydrogens is 564 g/mol. The Hall–Kier alpha value is -3.68. The Kier molecular flexibility index (Phi) is 10.6. The van der Waals surface area contributed by atoms with Crippen LogP contribution in [-0.4, -0.2) is 40.2 Å². The number of nitrogens with one attached hydrogen (secondary N) is 4. The highest BCUT2D eigenvalue weighted by Crippen LogP contribution is 2.34. The summed E-state index contributed by atoms with van der Waals surface area (Å²) in [5.74, 6) is -1.00. The van der Waals surface area contributed by atoms with Gasteiger partial charge in [0.2, 0.25) is 17.7 Å². The van der Waals surface area contributed by atoms with Crippen LogP contribution in [-0.2, 0) is 31.8 Å². The fraction of sp³-hybridized carbons (Fsp3) is 0.568. The third-order valence-electron chi connectivity index (χ3n) is 8.54. The second-order valence-electron chi connectivity index (χ2n) is 15.7. The van der Waals surface area contributed by atoms with E-state index in [2.05, 4.69) is 21.3 Å². The summed E-state index contributed by atoms with van der Waals surface area (Å²) in [6.07, 6.45) is 3.71. The maximum absolute atomic E-state index is 14.2. The van der Waals surface area contributed by atoms with Crippen LogP contribution in [0.1, 0.15) is 128 Å². The molecule has 1 aliphatic carbocycles. The smallest absolute Gasteiger partial charge is 0.252 e. The second-order valence-corrected chi connectivity index (χ2v) is 15.7. The third kappa shape index (κ3) is 9.18. The minimum atomic E-state index is -1.06. The molecule has 0 unspecified atom stereocenters. The van der Waals surface area contributed by atoms with Gasteiger partial charge in [-0.2, -0.15) is 0 Å². The third-order valence-corrected chi connectivity index (χ3v) is 8.54. The first-order valence-electron chi connectivity index (χ1n) is 16.1. The molecular formula is C37H54N4O4. The molecule has 0 spiro atoms. The van der Waals surface area contributed by atoms with Crippen molar-refractivity contribution < 1.29 is 19.2 Å². The second kappa shape index (κ2) is 13.4. The molecule has 0 atom stereocenters. The van der Waals surface area contributed by atoms with Gasteiger partial charge in [0.25, 0.3) is 5.91 Å². The molecule has 45 heavy (non-hydrogen) atoms. The van der Waals surface area contributed by atoms with Gasteiger partial charge in [-0.1, -0.05) is 55.7 Å². The first-order chi connectivity index (χ1) is 20.7. The predicted molar refractivity (Wildman–Crippen MR) is 180 cm³/mol. The normalized spacial score (nSPS) is 15.5. The van der Waals surface area contributed by atoms with Crippen molar-refractivity contribution in [3.8, 4) is 0 Å². The predicted octanol–water partition coefficient (Wildman–Crippen LogP) is 5.82. The summed E-state index contributed by atoms with van der Waals surface area (Å²) in [6, 6.07) is 15.0. The molecule has 1 saturated carbocycles. The van der Waals surface area contributed by atoms with E-state index in [1.807, 2.05) is 106 Å². The first kappa shape index (κ1) is 35.8. The van der Waals surface area contributed by atoms with Crippen molar-refractivity contribution in [3.63, 3.8) is 0 Å². The molecule has 0 aromatic heterocycles. The van der Waals surface area contributed by atoms with Crippen molar-refractivity contribution in [2.24, 2.45) is 0 Å². The maximum atomic E-state index is 14.2. The highest BCUT2D eigenvalue weighted by molar-refractivity contribution is 6.00. The molecule has 8 nitrogen and oxygen atoms in total. The maximum Gasteiger partial charge on any atom is 0.252 e. The lowest BCUT2D eigenvalue weighted by Crippen LogP contribution is -2.59. The molecule has 0 saturated heterocycles. The van der Waals surface area contributed by atoms with E-state index in [1.54, 1.807) is 12.1 Å². The van der Waals surface area contributed by atoms with E-state index in [-0.39, 0.29) is 17.7 Å². The summed E-state index contributed by atoms with van der Waals surface area (Å²) in [4.78, 5) is 55.0. The van der Waals surface area contributed by atoms with Gasteiger partial charge in [-0.05, 0) is 111 Å². The van der Waals surface area contributed by atoms with E-state index in [0.29, 0.717) is 36.1 Å². The lowest BCUT2D eigenvalue weighted by molar-refractivity contribution is -0.129. The minimum absolute atomic E-state index is 0.195. The Morgan fingerprint density at radius 3 is 1.58 bits per heavy atom. The van der Waals surface area contributed by atoms with E-state index in [1.165, 1.54) is 0 Å². The van der Waals surface area contributed by atoms with Gasteiger partial charge in [-0.3, -0.25) is 19.2 Å². The topological polar surface area (TPSA) is 116 Å². The Morgan fingerprint density at radius 2 is 1.13 bits per heavy atom. The van der Waals surface area contributed by atoms with Gasteiger partial charge in [-0.25, -0.2) is 0 Å². The van der Waals surface area contributed by atoms with Crippen LogP contribution >= 0.6 is 0 Å². The van der Waals surface area contributed by atoms with Crippen LogP contribution in [0.5, 0.6) is 0 Å². The van der Waals surface area contributed by atoms with Gasteiger partial charge in [0.1, 0.15) is 5.54 Å². The molecule has 4 N–H and O–H groups in total. The van der Waals surface area contributed by atoms with E-state index < -0.39 is 33.4 Å². The molecule has 0 heterocycles. The first-order valence-corrected chi connectivity index (χ1v) is 16.1. The number of hydrogen-bond donors (Lipinski definition) is 4. The van der Waals surface area contributed by atoms with E-state index in [0.717, 1.165) is 24.8 Å². The zero-order chi connectivity index (χ0) is 33.8. The monoisotopic (exact) mass is 618 g/mol. The Morgan fingerprint density at radius 1 is 0.667 bits per heavy atom. The molecule has 246 valence electrons. The highest BCUT2D eigenvalue weighted by Gasteiger charge is 2.42. The lowest BCUT2D eigenvalue weighted by atomic mass is 9.76. The number of carbonyl (C=O) groups excluding carboxylic acids is 4. The Labute approximate surface area is 269 Å². The average molecular weight is 619 g/mol. The summed E-state index contributed by atoms with van der Waals surface area (Å²) >= 11 is 0. The molecule has 2 aromatic carbocycles. The highest BCUT2D eigenvalue weighted by atomic mass is 16.2. The average Bonchev–Trinajstić information content (AvgIpc) is 2.94. The molecule has 0 radical (unpaired) electrons. The summed E-state index contributed by atoms with van der Waals surface area (Å²) in [5, 5.41) is 12.3. The minimum Gasteiger partial charge on any atom is -0.351 e. The SMILES string of the molecule is CC(C)(C)NC(=O)C(C)(C)c1cc(C(=O)NC2(C(=O)NCc3ccccc3)CCCCC2)cc(C(C)(C)C(=O)NC(C)(C)C)c1. The van der Waals surface area contributed by atoms with Crippen LogP contribution in [0.25, 0.3) is 0 Å². The number of amides is 4. The van der Waals surface area contributed by atoms with Gasteiger partial charge >= 0.3 is 0 Å². The molecule has 1 aliphatic rings. The van der Waals surface area contributed by atoms with Crippen molar-refractivity contribution in [3.05, 3.63) is 70.8 Å². The summed E-state index contributed by atoms with van der Waals surface area (Å²) < 4.78 is 0. The molecule has 2 aromatic rings. The van der Waals surface area contributed by atoms with Gasteiger partial charge in [-0.15, -0.1) is 0 Å². The van der Waals surface area contributed by atoms with Gasteiger partial charge in [0, 0.05) is 23.2 Å². The van der Waals surface area contributed by atoms with Gasteiger partial charge in [0.15, 0.2) is 0 Å². The fourth-order valence-electron chi connectivity index (χ4n) is 5.54. The molecule has 8 heteroatoms. The number of hydrogen-bond acceptors (Lipinski definition) is 4. The largest absolute Gasteiger partial charge is 0.351 e. The molecule has 1 fully saturated rings. The van der Waals surface area contributed by atoms with Crippen molar-refractivity contribution in [1.29, 1.82) is 0 Å². The van der Waals surface area contributed by atoms with Crippen molar-refractivity contribution >= 4 is 23.6 Å².